The second-order valence-corrected chi connectivity index (χ2v) is 2.86. The van der Waals surface area contributed by atoms with E-state index < -0.39 is 0 Å². The molecule has 0 saturated heterocycles. The Labute approximate surface area is 80.9 Å². The number of aryl methyl sites for hydroxylation is 1. The van der Waals surface area contributed by atoms with Gasteiger partial charge < -0.3 is 15.0 Å². The van der Waals surface area contributed by atoms with Gasteiger partial charge in [-0.15, -0.1) is 0 Å². The van der Waals surface area contributed by atoms with E-state index in [0.717, 1.165) is 17.0 Å². The van der Waals surface area contributed by atoms with Crippen molar-refractivity contribution < 1.29 is 9.30 Å². The molecule has 0 amide bonds. The molecule has 0 aliphatic carbocycles. The quantitative estimate of drug-likeness (QED) is 0.651. The van der Waals surface area contributed by atoms with Crippen molar-refractivity contribution in [3.05, 3.63) is 6.33 Å². The van der Waals surface area contributed by atoms with Crippen LogP contribution in [0.25, 0.3) is 11.2 Å². The highest BCUT2D eigenvalue weighted by Gasteiger charge is 2.19. The Bertz CT molecular complexity index is 464. The van der Waals surface area contributed by atoms with Gasteiger partial charge in [-0.25, -0.2) is 0 Å². The SMILES string of the molecule is CNc1nc(OC)[n+](C)c2nc[nH]c12. The second-order valence-electron chi connectivity index (χ2n) is 2.86. The van der Waals surface area contributed by atoms with Gasteiger partial charge in [0.05, 0.1) is 14.2 Å². The summed E-state index contributed by atoms with van der Waals surface area (Å²) in [5.41, 5.74) is 1.68. The van der Waals surface area contributed by atoms with Crippen LogP contribution in [0.15, 0.2) is 6.33 Å². The average Bonchev–Trinajstić information content (AvgIpc) is 2.68. The van der Waals surface area contributed by atoms with Crippen LogP contribution in [-0.2, 0) is 7.05 Å². The molecule has 2 heterocycles. The number of hydrogen-bond acceptors (Lipinski definition) is 4. The molecule has 0 radical (unpaired) electrons. The Balaban J connectivity index is 2.80. The second kappa shape index (κ2) is 3.13. The molecule has 0 saturated carbocycles. The maximum absolute atomic E-state index is 5.12. The molecular weight excluding hydrogens is 182 g/mol. The van der Waals surface area contributed by atoms with Crippen molar-refractivity contribution >= 4 is 17.0 Å². The van der Waals surface area contributed by atoms with Crippen LogP contribution in [0.4, 0.5) is 5.82 Å². The summed E-state index contributed by atoms with van der Waals surface area (Å²) in [4.78, 5) is 11.5. The van der Waals surface area contributed by atoms with Gasteiger partial charge in [0.25, 0.3) is 5.65 Å². The van der Waals surface area contributed by atoms with E-state index >= 15 is 0 Å². The number of aromatic amines is 1. The standard InChI is InChI=1S/C8H11N5O/c1-9-6-5-7(11-4-10-5)13(2)8(12-6)14-3/h4H,1-3H3,(H,9,10,11)/p+1. The monoisotopic (exact) mass is 194 g/mol. The minimum Gasteiger partial charge on any atom is -0.444 e. The van der Waals surface area contributed by atoms with Crippen LogP contribution in [0.5, 0.6) is 6.01 Å². The van der Waals surface area contributed by atoms with E-state index in [-0.39, 0.29) is 0 Å². The number of nitrogens with zero attached hydrogens (tertiary/aromatic N) is 3. The molecule has 2 N–H and O–H groups in total. The van der Waals surface area contributed by atoms with E-state index in [1.165, 1.54) is 0 Å². The van der Waals surface area contributed by atoms with Crippen molar-refractivity contribution in [3.63, 3.8) is 0 Å². The van der Waals surface area contributed by atoms with Crippen molar-refractivity contribution in [2.45, 2.75) is 0 Å². The molecule has 14 heavy (non-hydrogen) atoms. The zero-order chi connectivity index (χ0) is 10.1. The molecule has 0 fully saturated rings. The third-order valence-electron chi connectivity index (χ3n) is 2.09. The minimum atomic E-state index is 0.522. The van der Waals surface area contributed by atoms with Gasteiger partial charge in [-0.3, -0.25) is 0 Å². The Kier molecular flexibility index (Phi) is 1.95. The van der Waals surface area contributed by atoms with E-state index in [9.17, 15) is 0 Å². The summed E-state index contributed by atoms with van der Waals surface area (Å²) in [6.45, 7) is 0. The number of ether oxygens (including phenoxy) is 1. The zero-order valence-electron chi connectivity index (χ0n) is 8.33. The van der Waals surface area contributed by atoms with Gasteiger partial charge in [-0.2, -0.15) is 4.57 Å². The average molecular weight is 194 g/mol. The number of hydrogen-bond donors (Lipinski definition) is 2. The minimum absolute atomic E-state index is 0.522. The molecule has 6 nitrogen and oxygen atoms in total. The number of anilines is 1. The smallest absolute Gasteiger partial charge is 0.435 e. The third kappa shape index (κ3) is 1.07. The summed E-state index contributed by atoms with van der Waals surface area (Å²) >= 11 is 0. The summed E-state index contributed by atoms with van der Waals surface area (Å²) in [5, 5.41) is 2.98. The molecule has 6 heteroatoms. The van der Waals surface area contributed by atoms with Gasteiger partial charge in [0.1, 0.15) is 0 Å². The first-order valence-corrected chi connectivity index (χ1v) is 4.22. The Morgan fingerprint density at radius 2 is 2.36 bits per heavy atom. The largest absolute Gasteiger partial charge is 0.444 e. The Morgan fingerprint density at radius 3 is 3.00 bits per heavy atom. The molecule has 0 unspecified atom stereocenters. The maximum atomic E-state index is 5.12. The van der Waals surface area contributed by atoms with Crippen molar-refractivity contribution in [2.24, 2.45) is 7.05 Å². The number of nitrogens with one attached hydrogen (secondary N) is 2. The summed E-state index contributed by atoms with van der Waals surface area (Å²) in [7, 11) is 5.25. The molecule has 2 aromatic rings. The fourth-order valence-corrected chi connectivity index (χ4v) is 1.40. The third-order valence-corrected chi connectivity index (χ3v) is 2.09. The van der Waals surface area contributed by atoms with Gasteiger partial charge in [0.15, 0.2) is 11.8 Å². The molecule has 0 aliphatic heterocycles. The molecule has 0 atom stereocenters. The normalized spacial score (nSPS) is 10.5. The molecule has 0 spiro atoms. The number of H-pyrrole nitrogens is 1. The predicted octanol–water partition coefficient (Wildman–Crippen LogP) is -0.167. The maximum Gasteiger partial charge on any atom is 0.435 e. The molecular formula is C8H12N5O+. The Hall–Kier alpha value is -1.85. The number of imidazole rings is 1. The fraction of sp³-hybridized carbons (Fsp3) is 0.375. The molecule has 0 aromatic carbocycles. The lowest BCUT2D eigenvalue weighted by Crippen LogP contribution is -2.33. The molecule has 0 aliphatic rings. The van der Waals surface area contributed by atoms with Crippen LogP contribution in [0, 0.1) is 0 Å². The molecule has 2 rings (SSSR count). The van der Waals surface area contributed by atoms with Crippen LogP contribution < -0.4 is 14.6 Å². The lowest BCUT2D eigenvalue weighted by Gasteiger charge is -2.01. The van der Waals surface area contributed by atoms with Gasteiger partial charge >= 0.3 is 6.01 Å². The molecule has 74 valence electrons. The van der Waals surface area contributed by atoms with E-state index in [2.05, 4.69) is 20.3 Å². The van der Waals surface area contributed by atoms with E-state index in [1.807, 2.05) is 14.1 Å². The fourth-order valence-electron chi connectivity index (χ4n) is 1.40. The van der Waals surface area contributed by atoms with E-state index in [4.69, 9.17) is 4.74 Å². The van der Waals surface area contributed by atoms with E-state index in [0.29, 0.717) is 6.01 Å². The van der Waals surface area contributed by atoms with Crippen LogP contribution in [0.3, 0.4) is 0 Å². The van der Waals surface area contributed by atoms with Crippen molar-refractivity contribution in [1.29, 1.82) is 0 Å². The Morgan fingerprint density at radius 1 is 1.57 bits per heavy atom. The lowest BCUT2D eigenvalue weighted by atomic mass is 10.5. The summed E-state index contributed by atoms with van der Waals surface area (Å²) in [5.74, 6) is 0.729. The first kappa shape index (κ1) is 8.74. The summed E-state index contributed by atoms with van der Waals surface area (Å²) in [6.07, 6.45) is 1.63. The van der Waals surface area contributed by atoms with Crippen LogP contribution in [0.2, 0.25) is 0 Å². The molecule has 0 bridgehead atoms. The van der Waals surface area contributed by atoms with Gasteiger partial charge in [0, 0.05) is 7.05 Å². The number of rotatable bonds is 2. The van der Waals surface area contributed by atoms with E-state index in [1.54, 1.807) is 18.0 Å². The van der Waals surface area contributed by atoms with Crippen molar-refractivity contribution in [3.8, 4) is 6.01 Å². The van der Waals surface area contributed by atoms with Crippen molar-refractivity contribution in [1.82, 2.24) is 15.0 Å². The predicted molar refractivity (Wildman–Crippen MR) is 51.2 cm³/mol. The van der Waals surface area contributed by atoms with Crippen molar-refractivity contribution in [2.75, 3.05) is 19.5 Å². The van der Waals surface area contributed by atoms with Crippen LogP contribution >= 0.6 is 0 Å². The van der Waals surface area contributed by atoms with Gasteiger partial charge in [-0.1, -0.05) is 4.98 Å². The molecule has 2 aromatic heterocycles. The first-order chi connectivity index (χ1) is 6.77. The highest BCUT2D eigenvalue weighted by atomic mass is 16.5. The number of methoxy groups -OCH3 is 1. The van der Waals surface area contributed by atoms with Crippen LogP contribution in [-0.4, -0.2) is 29.1 Å². The van der Waals surface area contributed by atoms with Gasteiger partial charge in [-0.05, 0) is 4.98 Å². The van der Waals surface area contributed by atoms with Gasteiger partial charge in [0.2, 0.25) is 5.82 Å². The first-order valence-electron chi connectivity index (χ1n) is 4.22. The highest BCUT2D eigenvalue weighted by Crippen LogP contribution is 2.16. The summed E-state index contributed by atoms with van der Waals surface area (Å²) < 4.78 is 6.91. The number of aromatic nitrogens is 4. The topological polar surface area (TPSA) is 66.7 Å². The lowest BCUT2D eigenvalue weighted by molar-refractivity contribution is -0.655. The van der Waals surface area contributed by atoms with Crippen LogP contribution in [0.1, 0.15) is 0 Å². The highest BCUT2D eigenvalue weighted by molar-refractivity contribution is 5.80. The summed E-state index contributed by atoms with van der Waals surface area (Å²) in [6, 6.07) is 0.522. The zero-order valence-corrected chi connectivity index (χ0v) is 8.33. The number of fused-ring (bicyclic) bond motifs is 1.